The van der Waals surface area contributed by atoms with Gasteiger partial charge in [-0.15, -0.1) is 0 Å². The fourth-order valence-corrected chi connectivity index (χ4v) is 2.80. The van der Waals surface area contributed by atoms with Gasteiger partial charge >= 0.3 is 0 Å². The van der Waals surface area contributed by atoms with E-state index in [9.17, 15) is 5.11 Å². The third kappa shape index (κ3) is 3.36. The minimum Gasteiger partial charge on any atom is -0.497 e. The maximum absolute atomic E-state index is 10.3. The van der Waals surface area contributed by atoms with Gasteiger partial charge in [0.05, 0.1) is 13.2 Å². The van der Waals surface area contributed by atoms with Crippen molar-refractivity contribution in [1.29, 1.82) is 0 Å². The fraction of sp³-hybridized carbons (Fsp3) is 0.467. The second-order valence-corrected chi connectivity index (χ2v) is 5.63. The van der Waals surface area contributed by atoms with E-state index >= 15 is 0 Å². The average Bonchev–Trinajstić information content (AvgIpc) is 2.42. The Hall–Kier alpha value is -0.800. The Morgan fingerprint density at radius 2 is 2.28 bits per heavy atom. The molecule has 0 amide bonds. The first kappa shape index (κ1) is 13.6. The summed E-state index contributed by atoms with van der Waals surface area (Å²) in [7, 11) is 1.66. The number of aliphatic hydroxyl groups excluding tert-OH is 1. The topological polar surface area (TPSA) is 29.5 Å². The molecule has 1 N–H and O–H groups in total. The third-order valence-electron chi connectivity index (χ3n) is 3.54. The van der Waals surface area contributed by atoms with Crippen LogP contribution in [-0.2, 0) is 6.42 Å². The van der Waals surface area contributed by atoms with Crippen LogP contribution >= 0.6 is 15.9 Å². The van der Waals surface area contributed by atoms with Crippen molar-refractivity contribution in [3.05, 3.63) is 40.4 Å². The van der Waals surface area contributed by atoms with Crippen molar-refractivity contribution in [2.75, 3.05) is 7.11 Å². The Bertz CT molecular complexity index is 429. The molecule has 0 fully saturated rings. The first-order valence-corrected chi connectivity index (χ1v) is 7.15. The van der Waals surface area contributed by atoms with E-state index in [0.717, 1.165) is 35.0 Å². The summed E-state index contributed by atoms with van der Waals surface area (Å²) < 4.78 is 6.26. The van der Waals surface area contributed by atoms with Crippen LogP contribution in [-0.4, -0.2) is 18.3 Å². The van der Waals surface area contributed by atoms with Crippen LogP contribution in [0, 0.1) is 5.92 Å². The molecule has 1 aromatic carbocycles. The monoisotopic (exact) mass is 310 g/mol. The molecule has 98 valence electrons. The quantitative estimate of drug-likeness (QED) is 0.859. The van der Waals surface area contributed by atoms with Gasteiger partial charge < -0.3 is 9.84 Å². The van der Waals surface area contributed by atoms with Crippen LogP contribution in [0.15, 0.2) is 34.8 Å². The highest BCUT2D eigenvalue weighted by Gasteiger charge is 2.20. The van der Waals surface area contributed by atoms with Crippen molar-refractivity contribution in [2.24, 2.45) is 5.92 Å². The third-order valence-corrected chi connectivity index (χ3v) is 4.31. The van der Waals surface area contributed by atoms with Gasteiger partial charge in [-0.05, 0) is 55.4 Å². The number of methoxy groups -OCH3 is 1. The van der Waals surface area contributed by atoms with E-state index in [1.54, 1.807) is 7.11 Å². The molecule has 2 rings (SSSR count). The van der Waals surface area contributed by atoms with Crippen LogP contribution in [0.1, 0.15) is 24.8 Å². The zero-order valence-corrected chi connectivity index (χ0v) is 12.2. The van der Waals surface area contributed by atoms with Crippen LogP contribution in [0.3, 0.4) is 0 Å². The summed E-state index contributed by atoms with van der Waals surface area (Å²) in [4.78, 5) is 0. The molecule has 0 saturated carbocycles. The Morgan fingerprint density at radius 1 is 1.44 bits per heavy atom. The van der Waals surface area contributed by atoms with Crippen molar-refractivity contribution in [3.8, 4) is 5.75 Å². The number of aliphatic hydroxyl groups is 1. The molecule has 2 nitrogen and oxygen atoms in total. The van der Waals surface area contributed by atoms with Crippen molar-refractivity contribution < 1.29 is 9.84 Å². The molecule has 2 atom stereocenters. The second-order valence-electron chi connectivity index (χ2n) is 4.77. The first-order valence-electron chi connectivity index (χ1n) is 6.36. The first-order chi connectivity index (χ1) is 8.70. The van der Waals surface area contributed by atoms with Gasteiger partial charge in [0.1, 0.15) is 5.75 Å². The summed E-state index contributed by atoms with van der Waals surface area (Å²) in [5, 5.41) is 10.3. The van der Waals surface area contributed by atoms with Gasteiger partial charge in [0, 0.05) is 4.47 Å². The van der Waals surface area contributed by atoms with Crippen LogP contribution in [0.5, 0.6) is 5.75 Å². The van der Waals surface area contributed by atoms with Crippen LogP contribution in [0.25, 0.3) is 0 Å². The molecule has 0 saturated heterocycles. The Kier molecular flexibility index (Phi) is 4.84. The van der Waals surface area contributed by atoms with Crippen molar-refractivity contribution in [1.82, 2.24) is 0 Å². The minimum absolute atomic E-state index is 0.279. The molecule has 0 aromatic heterocycles. The molecule has 0 heterocycles. The van der Waals surface area contributed by atoms with Gasteiger partial charge in [-0.2, -0.15) is 0 Å². The Balaban J connectivity index is 2.05. The summed E-state index contributed by atoms with van der Waals surface area (Å²) in [6.07, 6.45) is 7.93. The zero-order valence-electron chi connectivity index (χ0n) is 10.6. The lowest BCUT2D eigenvalue weighted by atomic mass is 9.86. The maximum Gasteiger partial charge on any atom is 0.119 e. The van der Waals surface area contributed by atoms with Gasteiger partial charge in [0.25, 0.3) is 0 Å². The Labute approximate surface area is 117 Å². The molecule has 1 aliphatic rings. The van der Waals surface area contributed by atoms with Crippen LogP contribution < -0.4 is 4.74 Å². The Morgan fingerprint density at radius 3 is 2.94 bits per heavy atom. The molecule has 18 heavy (non-hydrogen) atoms. The van der Waals surface area contributed by atoms with Gasteiger partial charge in [-0.25, -0.2) is 0 Å². The normalized spacial score (nSPS) is 20.7. The van der Waals surface area contributed by atoms with E-state index in [4.69, 9.17) is 4.74 Å². The van der Waals surface area contributed by atoms with Crippen LogP contribution in [0.2, 0.25) is 0 Å². The summed E-state index contributed by atoms with van der Waals surface area (Å²) in [6, 6.07) is 5.89. The van der Waals surface area contributed by atoms with E-state index in [2.05, 4.69) is 28.1 Å². The van der Waals surface area contributed by atoms with Gasteiger partial charge in [-0.1, -0.05) is 28.1 Å². The van der Waals surface area contributed by atoms with Gasteiger partial charge in [-0.3, -0.25) is 0 Å². The highest BCUT2D eigenvalue weighted by molar-refractivity contribution is 9.10. The largest absolute Gasteiger partial charge is 0.497 e. The number of hydrogen-bond donors (Lipinski definition) is 1. The van der Waals surface area contributed by atoms with Crippen molar-refractivity contribution in [3.63, 3.8) is 0 Å². The lowest BCUT2D eigenvalue weighted by molar-refractivity contribution is 0.102. The number of ether oxygens (including phenoxy) is 1. The summed E-state index contributed by atoms with van der Waals surface area (Å²) in [6.45, 7) is 0. The smallest absolute Gasteiger partial charge is 0.119 e. The SMILES string of the molecule is COc1ccc(Br)c(CC(O)C2CC=CCC2)c1. The number of hydrogen-bond acceptors (Lipinski definition) is 2. The van der Waals surface area contributed by atoms with Crippen LogP contribution in [0.4, 0.5) is 0 Å². The molecular formula is C15H19BrO2. The summed E-state index contributed by atoms with van der Waals surface area (Å²) >= 11 is 3.53. The molecule has 2 unspecified atom stereocenters. The number of halogens is 1. The number of rotatable bonds is 4. The predicted molar refractivity (Wildman–Crippen MR) is 76.9 cm³/mol. The zero-order chi connectivity index (χ0) is 13.0. The number of benzene rings is 1. The molecule has 0 spiro atoms. The lowest BCUT2D eigenvalue weighted by Crippen LogP contribution is -2.23. The summed E-state index contributed by atoms with van der Waals surface area (Å²) in [5.41, 5.74) is 1.11. The molecule has 0 bridgehead atoms. The number of allylic oxidation sites excluding steroid dienone is 2. The minimum atomic E-state index is -0.279. The van der Waals surface area contributed by atoms with E-state index < -0.39 is 0 Å². The second kappa shape index (κ2) is 6.39. The molecule has 3 heteroatoms. The van der Waals surface area contributed by atoms with Crippen molar-refractivity contribution in [2.45, 2.75) is 31.8 Å². The predicted octanol–water partition coefficient (Wildman–Crippen LogP) is 3.72. The highest BCUT2D eigenvalue weighted by Crippen LogP contribution is 2.28. The molecular weight excluding hydrogens is 292 g/mol. The molecule has 1 aliphatic carbocycles. The van der Waals surface area contributed by atoms with E-state index in [1.165, 1.54) is 0 Å². The van der Waals surface area contributed by atoms with Gasteiger partial charge in [0.15, 0.2) is 0 Å². The average molecular weight is 311 g/mol. The van der Waals surface area contributed by atoms with E-state index in [1.807, 2.05) is 18.2 Å². The fourth-order valence-electron chi connectivity index (χ4n) is 2.39. The molecule has 1 aromatic rings. The molecule has 0 aliphatic heterocycles. The van der Waals surface area contributed by atoms with E-state index in [-0.39, 0.29) is 6.10 Å². The van der Waals surface area contributed by atoms with E-state index in [0.29, 0.717) is 12.3 Å². The lowest BCUT2D eigenvalue weighted by Gasteiger charge is -2.24. The van der Waals surface area contributed by atoms with Gasteiger partial charge in [0.2, 0.25) is 0 Å². The highest BCUT2D eigenvalue weighted by atomic mass is 79.9. The molecule has 0 radical (unpaired) electrons. The summed E-state index contributed by atoms with van der Waals surface area (Å²) in [5.74, 6) is 1.22. The van der Waals surface area contributed by atoms with Crippen molar-refractivity contribution >= 4 is 15.9 Å². The standard InChI is InChI=1S/C15H19BrO2/c1-18-13-7-8-14(16)12(9-13)10-15(17)11-5-3-2-4-6-11/h2-3,7-9,11,15,17H,4-6,10H2,1H3. The maximum atomic E-state index is 10.3.